The maximum absolute atomic E-state index is 13.2. The van der Waals surface area contributed by atoms with Crippen LogP contribution >= 0.6 is 0 Å². The molecule has 0 saturated carbocycles. The fourth-order valence-corrected chi connectivity index (χ4v) is 4.02. The van der Waals surface area contributed by atoms with Gasteiger partial charge in [0.1, 0.15) is 17.9 Å². The second kappa shape index (κ2) is 7.24. The Morgan fingerprint density at radius 3 is 2.41 bits per heavy atom. The first-order chi connectivity index (χ1) is 13.9. The van der Waals surface area contributed by atoms with E-state index in [0.29, 0.717) is 0 Å². The number of carbonyl (C=O) groups excluding carboxylic acids is 2. The van der Waals surface area contributed by atoms with E-state index in [2.05, 4.69) is 11.4 Å². The summed E-state index contributed by atoms with van der Waals surface area (Å²) in [6, 6.07) is 19.2. The van der Waals surface area contributed by atoms with Gasteiger partial charge in [-0.3, -0.25) is 9.69 Å². The molecule has 3 aromatic carbocycles. The van der Waals surface area contributed by atoms with Gasteiger partial charge in [-0.15, -0.1) is 0 Å². The number of carbonyl (C=O) groups is 2. The third-order valence-corrected chi connectivity index (χ3v) is 5.38. The zero-order valence-corrected chi connectivity index (χ0v) is 16.9. The number of nitrogens with one attached hydrogen (secondary N) is 1. The molecule has 1 aliphatic heterocycles. The number of urea groups is 1. The first-order valence-electron chi connectivity index (χ1n) is 9.72. The molecule has 1 heterocycles. The molecule has 4 rings (SSSR count). The number of hydrogen-bond donors (Lipinski definition) is 1. The van der Waals surface area contributed by atoms with E-state index in [9.17, 15) is 9.59 Å². The van der Waals surface area contributed by atoms with E-state index in [1.807, 2.05) is 68.4 Å². The molecule has 1 atom stereocenters. The van der Waals surface area contributed by atoms with Gasteiger partial charge in [-0.25, -0.2) is 4.79 Å². The Morgan fingerprint density at radius 1 is 0.966 bits per heavy atom. The first-order valence-corrected chi connectivity index (χ1v) is 9.72. The topological polar surface area (TPSA) is 58.6 Å². The third kappa shape index (κ3) is 3.44. The normalized spacial score (nSPS) is 18.9. The Labute approximate surface area is 170 Å². The van der Waals surface area contributed by atoms with Gasteiger partial charge >= 0.3 is 6.03 Å². The monoisotopic (exact) mass is 388 g/mol. The summed E-state index contributed by atoms with van der Waals surface area (Å²) in [7, 11) is 0. The molecule has 0 aliphatic carbocycles. The zero-order chi connectivity index (χ0) is 20.6. The summed E-state index contributed by atoms with van der Waals surface area (Å²) in [5, 5.41) is 4.88. The van der Waals surface area contributed by atoms with Crippen LogP contribution in [0.3, 0.4) is 0 Å². The molecule has 0 bridgehead atoms. The number of rotatable bonds is 5. The highest BCUT2D eigenvalue weighted by Gasteiger charge is 2.49. The molecule has 0 spiro atoms. The van der Waals surface area contributed by atoms with Crippen molar-refractivity contribution >= 4 is 22.7 Å². The largest absolute Gasteiger partial charge is 0.492 e. The van der Waals surface area contributed by atoms with E-state index in [1.54, 1.807) is 6.92 Å². The number of imide groups is 1. The number of nitrogens with zero attached hydrogens (tertiary/aromatic N) is 1. The van der Waals surface area contributed by atoms with Crippen molar-refractivity contribution in [2.24, 2.45) is 0 Å². The average molecular weight is 388 g/mol. The molecule has 3 aromatic rings. The molecule has 5 heteroatoms. The van der Waals surface area contributed by atoms with E-state index in [0.717, 1.165) is 33.2 Å². The van der Waals surface area contributed by atoms with Crippen LogP contribution in [-0.2, 0) is 10.3 Å². The van der Waals surface area contributed by atoms with Crippen molar-refractivity contribution in [1.82, 2.24) is 10.2 Å². The Kier molecular flexibility index (Phi) is 4.74. The maximum atomic E-state index is 13.2. The van der Waals surface area contributed by atoms with Crippen LogP contribution in [0.5, 0.6) is 5.75 Å². The van der Waals surface area contributed by atoms with Gasteiger partial charge in [0.2, 0.25) is 0 Å². The Morgan fingerprint density at radius 2 is 1.66 bits per heavy atom. The first kappa shape index (κ1) is 19.0. The second-order valence-corrected chi connectivity index (χ2v) is 7.71. The maximum Gasteiger partial charge on any atom is 0.325 e. The van der Waals surface area contributed by atoms with Crippen LogP contribution in [-0.4, -0.2) is 30.0 Å². The predicted octanol–water partition coefficient (Wildman–Crippen LogP) is 4.30. The van der Waals surface area contributed by atoms with E-state index >= 15 is 0 Å². The van der Waals surface area contributed by atoms with Crippen molar-refractivity contribution in [2.45, 2.75) is 26.3 Å². The van der Waals surface area contributed by atoms with Gasteiger partial charge in [0, 0.05) is 0 Å². The van der Waals surface area contributed by atoms with Crippen molar-refractivity contribution in [3.05, 3.63) is 77.4 Å². The molecule has 0 unspecified atom stereocenters. The lowest BCUT2D eigenvalue weighted by atomic mass is 9.88. The van der Waals surface area contributed by atoms with Gasteiger partial charge in [0.25, 0.3) is 5.91 Å². The van der Waals surface area contributed by atoms with Crippen LogP contribution in [0.25, 0.3) is 10.8 Å². The Hall–Kier alpha value is -3.34. The van der Waals surface area contributed by atoms with E-state index in [-0.39, 0.29) is 19.1 Å². The highest BCUT2D eigenvalue weighted by Crippen LogP contribution is 2.33. The lowest BCUT2D eigenvalue weighted by Crippen LogP contribution is -2.41. The number of benzene rings is 3. The summed E-state index contributed by atoms with van der Waals surface area (Å²) in [5.74, 6) is 0.481. The fourth-order valence-electron chi connectivity index (χ4n) is 4.02. The Bertz CT molecular complexity index is 1080. The highest BCUT2D eigenvalue weighted by atomic mass is 16.5. The van der Waals surface area contributed by atoms with Gasteiger partial charge < -0.3 is 10.1 Å². The van der Waals surface area contributed by atoms with Gasteiger partial charge in [-0.2, -0.15) is 0 Å². The quantitative estimate of drug-likeness (QED) is 0.663. The van der Waals surface area contributed by atoms with Crippen LogP contribution < -0.4 is 10.1 Å². The van der Waals surface area contributed by atoms with Gasteiger partial charge in [-0.1, -0.05) is 48.5 Å². The number of amides is 3. The minimum atomic E-state index is -1.10. The number of aryl methyl sites for hydroxylation is 2. The molecule has 0 aromatic heterocycles. The summed E-state index contributed by atoms with van der Waals surface area (Å²) in [6.07, 6.45) is 0. The predicted molar refractivity (Wildman–Crippen MR) is 113 cm³/mol. The van der Waals surface area contributed by atoms with Crippen LogP contribution in [0, 0.1) is 13.8 Å². The minimum absolute atomic E-state index is 0.192. The summed E-state index contributed by atoms with van der Waals surface area (Å²) >= 11 is 0. The zero-order valence-electron chi connectivity index (χ0n) is 16.9. The van der Waals surface area contributed by atoms with Crippen LogP contribution in [0.4, 0.5) is 4.79 Å². The van der Waals surface area contributed by atoms with Gasteiger partial charge in [0.05, 0.1) is 6.54 Å². The molecular formula is C24H24N2O3. The lowest BCUT2D eigenvalue weighted by Gasteiger charge is -2.24. The SMILES string of the molecule is Cc1cc(C)cc(OCCN2C(=O)N[C@](C)(c3cccc4ccccc34)C2=O)c1. The van der Waals surface area contributed by atoms with E-state index in [4.69, 9.17) is 4.74 Å². The van der Waals surface area contributed by atoms with Crippen molar-refractivity contribution in [2.75, 3.05) is 13.2 Å². The molecule has 148 valence electrons. The Balaban J connectivity index is 1.53. The smallest absolute Gasteiger partial charge is 0.325 e. The molecular weight excluding hydrogens is 364 g/mol. The standard InChI is InChI=1S/C24H24N2O3/c1-16-13-17(2)15-19(14-16)29-12-11-26-22(27)24(3,25-23(26)28)21-10-6-8-18-7-4-5-9-20(18)21/h4-10,13-15H,11-12H2,1-3H3,(H,25,28)/t24-/m1/s1. The molecule has 3 amide bonds. The van der Waals surface area contributed by atoms with Crippen LogP contribution in [0.15, 0.2) is 60.7 Å². The van der Waals surface area contributed by atoms with Crippen molar-refractivity contribution < 1.29 is 14.3 Å². The second-order valence-electron chi connectivity index (χ2n) is 7.71. The van der Waals surface area contributed by atoms with E-state index in [1.165, 1.54) is 4.90 Å². The van der Waals surface area contributed by atoms with Crippen LogP contribution in [0.1, 0.15) is 23.6 Å². The number of hydrogen-bond acceptors (Lipinski definition) is 3. The number of ether oxygens (including phenoxy) is 1. The van der Waals surface area contributed by atoms with Gasteiger partial charge in [0.15, 0.2) is 0 Å². The summed E-state index contributed by atoms with van der Waals surface area (Å²) in [5.41, 5.74) is 1.92. The summed E-state index contributed by atoms with van der Waals surface area (Å²) in [4.78, 5) is 27.1. The number of fused-ring (bicyclic) bond motifs is 1. The molecule has 29 heavy (non-hydrogen) atoms. The van der Waals surface area contributed by atoms with Crippen molar-refractivity contribution in [3.8, 4) is 5.75 Å². The molecule has 1 fully saturated rings. The summed E-state index contributed by atoms with van der Waals surface area (Å²) in [6.45, 7) is 6.21. The molecule has 0 radical (unpaired) electrons. The summed E-state index contributed by atoms with van der Waals surface area (Å²) < 4.78 is 5.80. The minimum Gasteiger partial charge on any atom is -0.492 e. The highest BCUT2D eigenvalue weighted by molar-refractivity contribution is 6.09. The molecule has 1 N–H and O–H groups in total. The van der Waals surface area contributed by atoms with Crippen LogP contribution in [0.2, 0.25) is 0 Å². The van der Waals surface area contributed by atoms with Crippen molar-refractivity contribution in [3.63, 3.8) is 0 Å². The molecule has 5 nitrogen and oxygen atoms in total. The lowest BCUT2D eigenvalue weighted by molar-refractivity contribution is -0.131. The van der Waals surface area contributed by atoms with E-state index < -0.39 is 11.6 Å². The van der Waals surface area contributed by atoms with Crippen molar-refractivity contribution in [1.29, 1.82) is 0 Å². The van der Waals surface area contributed by atoms with Gasteiger partial charge in [-0.05, 0) is 60.4 Å². The third-order valence-electron chi connectivity index (χ3n) is 5.38. The average Bonchev–Trinajstić information content (AvgIpc) is 2.90. The fraction of sp³-hybridized carbons (Fsp3) is 0.250. The molecule has 1 aliphatic rings. The molecule has 1 saturated heterocycles.